The summed E-state index contributed by atoms with van der Waals surface area (Å²) in [6.45, 7) is 10.0. The Labute approximate surface area is 343 Å². The van der Waals surface area contributed by atoms with E-state index in [1.165, 1.54) is 5.56 Å². The van der Waals surface area contributed by atoms with E-state index in [-0.39, 0.29) is 37.8 Å². The molecule has 0 amide bonds. The summed E-state index contributed by atoms with van der Waals surface area (Å²) >= 11 is 0. The van der Waals surface area contributed by atoms with E-state index in [4.69, 9.17) is 14.1 Å². The summed E-state index contributed by atoms with van der Waals surface area (Å²) in [6, 6.07) is 45.8. The molecule has 0 bridgehead atoms. The van der Waals surface area contributed by atoms with Crippen molar-refractivity contribution in [1.29, 1.82) is 0 Å². The van der Waals surface area contributed by atoms with Gasteiger partial charge in [-0.15, -0.1) is 29.3 Å². The Bertz CT molecular complexity index is 2800. The van der Waals surface area contributed by atoms with Gasteiger partial charge < -0.3 is 5.11 Å². The summed E-state index contributed by atoms with van der Waals surface area (Å²) in [7, 11) is 0. The topological polar surface area (TPSA) is 50.9 Å². The van der Waals surface area contributed by atoms with E-state index in [1.54, 1.807) is 6.07 Å². The third-order valence-corrected chi connectivity index (χ3v) is 10.2. The van der Waals surface area contributed by atoms with Crippen molar-refractivity contribution in [2.45, 2.75) is 53.8 Å². The SMILES string of the molecule is [2H]C([2H])([2H])c1cc(-c2ccccc2)ccc1-n1c(-c2cc(C)cc(C)c2O)nc2c(-c3[c-]c(-c4cc(-c5ccc(C)cc5)ccn4)cc(C(C)(C)C)c3)cccc21.[Pt]. The molecule has 0 fully saturated rings. The number of phenols is 1. The van der Waals surface area contributed by atoms with Crippen molar-refractivity contribution in [3.8, 4) is 67.5 Å². The van der Waals surface area contributed by atoms with Gasteiger partial charge in [-0.05, 0) is 102 Å². The fourth-order valence-corrected chi connectivity index (χ4v) is 7.20. The van der Waals surface area contributed by atoms with Gasteiger partial charge in [-0.3, -0.25) is 9.55 Å². The predicted molar refractivity (Wildman–Crippen MR) is 224 cm³/mol. The zero-order valence-corrected chi connectivity index (χ0v) is 34.1. The molecular weight excluding hydrogens is 854 g/mol. The number of pyridine rings is 1. The second-order valence-electron chi connectivity index (χ2n) is 15.3. The number of para-hydroxylation sites is 1. The number of rotatable bonds is 6. The normalized spacial score (nSPS) is 12.5. The van der Waals surface area contributed by atoms with Gasteiger partial charge >= 0.3 is 0 Å². The largest absolute Gasteiger partial charge is 0.507 e. The van der Waals surface area contributed by atoms with E-state index in [0.717, 1.165) is 55.8 Å². The maximum Gasteiger partial charge on any atom is 0.148 e. The number of aryl methyl sites for hydroxylation is 4. The Morgan fingerprint density at radius 1 is 0.655 bits per heavy atom. The van der Waals surface area contributed by atoms with Crippen LogP contribution in [0, 0.1) is 33.7 Å². The minimum Gasteiger partial charge on any atom is -0.507 e. The quantitative estimate of drug-likeness (QED) is 0.169. The van der Waals surface area contributed by atoms with E-state index >= 15 is 0 Å². The van der Waals surface area contributed by atoms with Crippen molar-refractivity contribution in [2.75, 3.05) is 0 Å². The number of fused-ring (bicyclic) bond motifs is 1. The van der Waals surface area contributed by atoms with Crippen LogP contribution >= 0.6 is 0 Å². The minimum atomic E-state index is -2.46. The molecule has 0 aliphatic rings. The molecule has 8 aromatic rings. The predicted octanol–water partition coefficient (Wildman–Crippen LogP) is 12.8. The Morgan fingerprint density at radius 2 is 1.36 bits per heavy atom. The first-order valence-corrected chi connectivity index (χ1v) is 18.3. The van der Waals surface area contributed by atoms with Crippen LogP contribution in [-0.4, -0.2) is 19.6 Å². The number of aromatic nitrogens is 3. The Hall–Kier alpha value is -5.57. The molecule has 0 aliphatic heterocycles. The van der Waals surface area contributed by atoms with Crippen molar-refractivity contribution in [2.24, 2.45) is 0 Å². The van der Waals surface area contributed by atoms with Crippen LogP contribution in [0.25, 0.3) is 72.7 Å². The second-order valence-corrected chi connectivity index (χ2v) is 15.3. The van der Waals surface area contributed by atoms with Crippen molar-refractivity contribution < 1.29 is 30.3 Å². The molecule has 0 saturated carbocycles. The molecule has 2 heterocycles. The Morgan fingerprint density at radius 3 is 2.11 bits per heavy atom. The number of nitrogens with zero attached hydrogens (tertiary/aromatic N) is 3. The molecule has 4 nitrogen and oxygen atoms in total. The summed E-state index contributed by atoms with van der Waals surface area (Å²) in [5, 5.41) is 11.6. The molecule has 0 spiro atoms. The standard InChI is InChI=1S/C50H44N3O.Pt/c1-31-16-18-36(19-17-31)38-22-23-51-44(30-38)40-27-39(28-41(29-40)50(5,6)7)42-14-11-15-46-47(42)52-49(43-25-32(2)24-34(4)48(43)54)53(46)45-21-20-37(26-33(45)3)35-12-9-8-10-13-35;/h8-26,28-30,54H,1-7H3;/q-1;/i3D3;. The fourth-order valence-electron chi connectivity index (χ4n) is 7.20. The van der Waals surface area contributed by atoms with E-state index < -0.39 is 6.85 Å². The summed E-state index contributed by atoms with van der Waals surface area (Å²) in [5.41, 5.74) is 13.5. The summed E-state index contributed by atoms with van der Waals surface area (Å²) in [4.78, 5) is 10.1. The Balaban J connectivity index is 0.00000512. The third kappa shape index (κ3) is 7.32. The van der Waals surface area contributed by atoms with Crippen molar-refractivity contribution in [3.63, 3.8) is 0 Å². The van der Waals surface area contributed by atoms with E-state index in [1.807, 2.05) is 103 Å². The molecule has 0 saturated heterocycles. The summed E-state index contributed by atoms with van der Waals surface area (Å²) in [5.74, 6) is 0.539. The summed E-state index contributed by atoms with van der Waals surface area (Å²) < 4.78 is 28.1. The molecule has 0 unspecified atom stereocenters. The molecule has 55 heavy (non-hydrogen) atoms. The van der Waals surface area contributed by atoms with E-state index in [0.29, 0.717) is 33.7 Å². The fraction of sp³-hybridized carbons (Fsp3) is 0.160. The maximum absolute atomic E-state index is 11.6. The minimum absolute atomic E-state index is 0. The van der Waals surface area contributed by atoms with Crippen LogP contribution in [0.1, 0.15) is 52.7 Å². The Kier molecular flexibility index (Phi) is 9.22. The van der Waals surface area contributed by atoms with Gasteiger partial charge in [0.1, 0.15) is 11.6 Å². The third-order valence-electron chi connectivity index (χ3n) is 10.2. The van der Waals surface area contributed by atoms with E-state index in [2.05, 4.69) is 76.2 Å². The number of hydrogen-bond donors (Lipinski definition) is 1. The van der Waals surface area contributed by atoms with Crippen LogP contribution in [0.5, 0.6) is 5.75 Å². The van der Waals surface area contributed by atoms with Crippen LogP contribution < -0.4 is 0 Å². The van der Waals surface area contributed by atoms with Gasteiger partial charge in [0.25, 0.3) is 0 Å². The van der Waals surface area contributed by atoms with Crippen LogP contribution in [0.4, 0.5) is 0 Å². The zero-order chi connectivity index (χ0) is 40.2. The van der Waals surface area contributed by atoms with Crippen molar-refractivity contribution in [3.05, 3.63) is 167 Å². The summed E-state index contributed by atoms with van der Waals surface area (Å²) in [6.07, 6.45) is 1.85. The van der Waals surface area contributed by atoms with Gasteiger partial charge in [0, 0.05) is 37.1 Å². The van der Waals surface area contributed by atoms with Gasteiger partial charge in [-0.2, -0.15) is 0 Å². The molecule has 5 heteroatoms. The number of benzene rings is 6. The van der Waals surface area contributed by atoms with E-state index in [9.17, 15) is 5.11 Å². The maximum atomic E-state index is 11.6. The molecule has 0 atom stereocenters. The first-order chi connectivity index (χ1) is 27.2. The number of aromatic hydroxyl groups is 1. The van der Waals surface area contributed by atoms with Gasteiger partial charge in [0.2, 0.25) is 0 Å². The number of hydrogen-bond acceptors (Lipinski definition) is 3. The molecular formula is C50H44N3OPt-. The smallest absolute Gasteiger partial charge is 0.148 e. The first kappa shape index (κ1) is 34.0. The van der Waals surface area contributed by atoms with Gasteiger partial charge in [-0.25, -0.2) is 4.98 Å². The molecule has 276 valence electrons. The molecule has 0 radical (unpaired) electrons. The van der Waals surface area contributed by atoms with Gasteiger partial charge in [-0.1, -0.05) is 122 Å². The average Bonchev–Trinajstić information content (AvgIpc) is 3.58. The van der Waals surface area contributed by atoms with Crippen LogP contribution in [0.2, 0.25) is 0 Å². The van der Waals surface area contributed by atoms with Crippen LogP contribution in [0.15, 0.2) is 134 Å². The van der Waals surface area contributed by atoms with Gasteiger partial charge in [0.05, 0.1) is 22.3 Å². The molecule has 0 aliphatic carbocycles. The van der Waals surface area contributed by atoms with Crippen molar-refractivity contribution in [1.82, 2.24) is 14.5 Å². The second kappa shape index (κ2) is 14.9. The molecule has 6 aromatic carbocycles. The van der Waals surface area contributed by atoms with Crippen LogP contribution in [-0.2, 0) is 26.5 Å². The molecule has 1 N–H and O–H groups in total. The average molecular weight is 901 g/mol. The monoisotopic (exact) mass is 900 g/mol. The van der Waals surface area contributed by atoms with Gasteiger partial charge in [0.15, 0.2) is 0 Å². The first-order valence-electron chi connectivity index (χ1n) is 19.8. The number of phenolic OH excluding ortho intramolecular Hbond substituents is 1. The molecule has 8 rings (SSSR count). The van der Waals surface area contributed by atoms with Crippen molar-refractivity contribution >= 4 is 11.0 Å². The number of imidazole rings is 1. The zero-order valence-electron chi connectivity index (χ0n) is 34.8. The molecule has 2 aromatic heterocycles. The van der Waals surface area contributed by atoms with Crippen LogP contribution in [0.3, 0.4) is 0 Å².